The molecule has 19 heavy (non-hydrogen) atoms. The monoisotopic (exact) mass is 340 g/mol. The Morgan fingerprint density at radius 3 is 2.68 bits per heavy atom. The molecule has 1 heterocycles. The number of hydrogen-bond donors (Lipinski definition) is 1. The maximum absolute atomic E-state index is 11.7. The molecule has 2 aromatic rings. The van der Waals surface area contributed by atoms with Crippen molar-refractivity contribution in [3.8, 4) is 0 Å². The summed E-state index contributed by atoms with van der Waals surface area (Å²) >= 11 is 9.06. The Kier molecular flexibility index (Phi) is 4.39. The topological polar surface area (TPSA) is 54.6 Å². The van der Waals surface area contributed by atoms with Crippen LogP contribution in [0.3, 0.4) is 0 Å². The highest BCUT2D eigenvalue weighted by Crippen LogP contribution is 2.19. The average molecular weight is 342 g/mol. The fourth-order valence-electron chi connectivity index (χ4n) is 1.37. The van der Waals surface area contributed by atoms with E-state index in [2.05, 4.69) is 26.5 Å². The highest BCUT2D eigenvalue weighted by molar-refractivity contribution is 9.10. The zero-order valence-electron chi connectivity index (χ0n) is 9.98. The summed E-state index contributed by atoms with van der Waals surface area (Å²) in [6.07, 6.45) is 1.44. The van der Waals surface area contributed by atoms with E-state index < -0.39 is 0 Å². The lowest BCUT2D eigenvalue weighted by Crippen LogP contribution is -2.17. The summed E-state index contributed by atoms with van der Waals surface area (Å²) < 4.78 is 6.21. The van der Waals surface area contributed by atoms with Crippen LogP contribution in [0.15, 0.2) is 44.3 Å². The maximum Gasteiger partial charge on any atom is 0.271 e. The summed E-state index contributed by atoms with van der Waals surface area (Å²) in [6, 6.07) is 8.31. The SMILES string of the molecule is Cc1oc(/C=N\NC(=O)c2ccc(Cl)cc2)cc1Br. The van der Waals surface area contributed by atoms with Gasteiger partial charge < -0.3 is 4.42 Å². The molecule has 0 bridgehead atoms. The zero-order valence-corrected chi connectivity index (χ0v) is 12.3. The largest absolute Gasteiger partial charge is 0.459 e. The summed E-state index contributed by atoms with van der Waals surface area (Å²) in [5, 5.41) is 4.40. The average Bonchev–Trinajstić information content (AvgIpc) is 2.69. The van der Waals surface area contributed by atoms with Crippen LogP contribution in [0.2, 0.25) is 5.02 Å². The first-order chi connectivity index (χ1) is 9.06. The highest BCUT2D eigenvalue weighted by Gasteiger charge is 2.04. The number of rotatable bonds is 3. The van der Waals surface area contributed by atoms with Gasteiger partial charge in [0.05, 0.1) is 10.7 Å². The van der Waals surface area contributed by atoms with Crippen molar-refractivity contribution < 1.29 is 9.21 Å². The number of benzene rings is 1. The molecule has 0 saturated heterocycles. The fourth-order valence-corrected chi connectivity index (χ4v) is 1.80. The van der Waals surface area contributed by atoms with Crippen LogP contribution in [0, 0.1) is 6.92 Å². The number of carbonyl (C=O) groups excluding carboxylic acids is 1. The lowest BCUT2D eigenvalue weighted by molar-refractivity contribution is 0.0955. The van der Waals surface area contributed by atoms with Gasteiger partial charge in [-0.3, -0.25) is 4.79 Å². The van der Waals surface area contributed by atoms with Crippen molar-refractivity contribution in [2.45, 2.75) is 6.92 Å². The summed E-state index contributed by atoms with van der Waals surface area (Å²) in [7, 11) is 0. The number of carbonyl (C=O) groups is 1. The van der Waals surface area contributed by atoms with Gasteiger partial charge in [-0.05, 0) is 47.1 Å². The Balaban J connectivity index is 1.98. The summed E-state index contributed by atoms with van der Waals surface area (Å²) in [6.45, 7) is 1.83. The van der Waals surface area contributed by atoms with Crippen LogP contribution in [0.4, 0.5) is 0 Å². The molecular weight excluding hydrogens is 332 g/mol. The normalized spacial score (nSPS) is 10.9. The minimum atomic E-state index is -0.310. The third kappa shape index (κ3) is 3.68. The van der Waals surface area contributed by atoms with Gasteiger partial charge >= 0.3 is 0 Å². The number of furan rings is 1. The van der Waals surface area contributed by atoms with Gasteiger partial charge in [0.1, 0.15) is 11.5 Å². The van der Waals surface area contributed by atoms with Gasteiger partial charge in [0.25, 0.3) is 5.91 Å². The highest BCUT2D eigenvalue weighted by atomic mass is 79.9. The summed E-state index contributed by atoms with van der Waals surface area (Å²) in [4.78, 5) is 11.7. The molecule has 1 amide bonds. The quantitative estimate of drug-likeness (QED) is 0.682. The number of nitrogens with one attached hydrogen (secondary N) is 1. The number of hydrogen-bond acceptors (Lipinski definition) is 3. The molecule has 0 atom stereocenters. The van der Waals surface area contributed by atoms with E-state index >= 15 is 0 Å². The van der Waals surface area contributed by atoms with Crippen molar-refractivity contribution in [2.75, 3.05) is 0 Å². The molecule has 4 nitrogen and oxygen atoms in total. The first-order valence-corrected chi connectivity index (χ1v) is 6.58. The lowest BCUT2D eigenvalue weighted by atomic mass is 10.2. The van der Waals surface area contributed by atoms with E-state index in [0.717, 1.165) is 10.2 Å². The van der Waals surface area contributed by atoms with Crippen molar-refractivity contribution in [1.82, 2.24) is 5.43 Å². The van der Waals surface area contributed by atoms with Crippen LogP contribution in [0.25, 0.3) is 0 Å². The zero-order chi connectivity index (χ0) is 13.8. The predicted molar refractivity (Wildman–Crippen MR) is 77.7 cm³/mol. The fraction of sp³-hybridized carbons (Fsp3) is 0.0769. The molecule has 0 radical (unpaired) electrons. The molecule has 0 spiro atoms. The van der Waals surface area contributed by atoms with Crippen LogP contribution in [0.1, 0.15) is 21.9 Å². The van der Waals surface area contributed by atoms with Gasteiger partial charge in [-0.15, -0.1) is 0 Å². The van der Waals surface area contributed by atoms with E-state index in [1.807, 2.05) is 6.92 Å². The van der Waals surface area contributed by atoms with E-state index in [4.69, 9.17) is 16.0 Å². The number of halogens is 2. The van der Waals surface area contributed by atoms with E-state index in [9.17, 15) is 4.79 Å². The molecule has 2 rings (SSSR count). The molecule has 1 aromatic carbocycles. The van der Waals surface area contributed by atoms with Crippen molar-refractivity contribution in [3.63, 3.8) is 0 Å². The van der Waals surface area contributed by atoms with Crippen LogP contribution < -0.4 is 5.43 Å². The molecule has 1 N–H and O–H groups in total. The lowest BCUT2D eigenvalue weighted by Gasteiger charge is -1.98. The van der Waals surface area contributed by atoms with E-state index in [0.29, 0.717) is 16.3 Å². The van der Waals surface area contributed by atoms with Crippen LogP contribution in [0.5, 0.6) is 0 Å². The standard InChI is InChI=1S/C13H10BrClN2O2/c1-8-12(14)6-11(19-8)7-16-17-13(18)9-2-4-10(15)5-3-9/h2-7H,1H3,(H,17,18)/b16-7-. The Labute approximate surface area is 123 Å². The number of aryl methyl sites for hydroxylation is 1. The van der Waals surface area contributed by atoms with Gasteiger partial charge in [0.2, 0.25) is 0 Å². The summed E-state index contributed by atoms with van der Waals surface area (Å²) in [5.74, 6) is 1.00. The summed E-state index contributed by atoms with van der Waals surface area (Å²) in [5.41, 5.74) is 2.89. The van der Waals surface area contributed by atoms with Crippen molar-refractivity contribution in [3.05, 3.63) is 56.9 Å². The Morgan fingerprint density at radius 2 is 2.11 bits per heavy atom. The molecule has 0 unspecified atom stereocenters. The van der Waals surface area contributed by atoms with E-state index in [-0.39, 0.29) is 5.91 Å². The minimum absolute atomic E-state index is 0.310. The molecule has 1 aromatic heterocycles. The van der Waals surface area contributed by atoms with E-state index in [1.54, 1.807) is 30.3 Å². The second kappa shape index (κ2) is 6.04. The number of hydrazone groups is 1. The van der Waals surface area contributed by atoms with Gasteiger partial charge in [0, 0.05) is 16.7 Å². The third-order valence-electron chi connectivity index (χ3n) is 2.34. The smallest absolute Gasteiger partial charge is 0.271 e. The molecule has 0 aliphatic heterocycles. The van der Waals surface area contributed by atoms with Crippen molar-refractivity contribution in [2.24, 2.45) is 5.10 Å². The molecular formula is C13H10BrClN2O2. The van der Waals surface area contributed by atoms with Crippen LogP contribution in [-0.2, 0) is 0 Å². The van der Waals surface area contributed by atoms with Crippen LogP contribution >= 0.6 is 27.5 Å². The van der Waals surface area contributed by atoms with Crippen LogP contribution in [-0.4, -0.2) is 12.1 Å². The first-order valence-electron chi connectivity index (χ1n) is 5.41. The minimum Gasteiger partial charge on any atom is -0.459 e. The van der Waals surface area contributed by atoms with Gasteiger partial charge in [-0.1, -0.05) is 11.6 Å². The maximum atomic E-state index is 11.7. The molecule has 0 saturated carbocycles. The Bertz CT molecular complexity index is 601. The molecule has 98 valence electrons. The Hall–Kier alpha value is -1.59. The Morgan fingerprint density at radius 1 is 1.42 bits per heavy atom. The third-order valence-corrected chi connectivity index (χ3v) is 3.38. The van der Waals surface area contributed by atoms with Gasteiger partial charge in [0.15, 0.2) is 0 Å². The molecule has 0 aliphatic rings. The second-order valence-electron chi connectivity index (χ2n) is 3.76. The second-order valence-corrected chi connectivity index (χ2v) is 5.05. The number of amides is 1. The van der Waals surface area contributed by atoms with Crippen molar-refractivity contribution >= 4 is 39.7 Å². The van der Waals surface area contributed by atoms with E-state index in [1.165, 1.54) is 6.21 Å². The van der Waals surface area contributed by atoms with Gasteiger partial charge in [-0.25, -0.2) is 5.43 Å². The first kappa shape index (κ1) is 13.8. The molecule has 6 heteroatoms. The van der Waals surface area contributed by atoms with Crippen molar-refractivity contribution in [1.29, 1.82) is 0 Å². The predicted octanol–water partition coefficient (Wildman–Crippen LogP) is 3.77. The number of nitrogens with zero attached hydrogens (tertiary/aromatic N) is 1. The molecule has 0 aliphatic carbocycles. The van der Waals surface area contributed by atoms with Gasteiger partial charge in [-0.2, -0.15) is 5.10 Å². The molecule has 0 fully saturated rings.